The van der Waals surface area contributed by atoms with Crippen molar-refractivity contribution >= 4 is 15.9 Å². The fourth-order valence-electron chi connectivity index (χ4n) is 1.35. The van der Waals surface area contributed by atoms with Crippen LogP contribution in [0.2, 0.25) is 0 Å². The highest BCUT2D eigenvalue weighted by Gasteiger charge is 2.05. The van der Waals surface area contributed by atoms with Crippen LogP contribution >= 0.6 is 15.9 Å². The lowest BCUT2D eigenvalue weighted by Gasteiger charge is -2.18. The molecule has 0 aliphatic heterocycles. The molecular formula is C12H13BrN2. The molecule has 0 radical (unpaired) electrons. The molecule has 0 unspecified atom stereocenters. The molecule has 0 aliphatic rings. The van der Waals surface area contributed by atoms with Gasteiger partial charge in [0.1, 0.15) is 0 Å². The summed E-state index contributed by atoms with van der Waals surface area (Å²) in [5, 5.41) is 8.69. The molecule has 0 fully saturated rings. The minimum atomic E-state index is 0.416. The summed E-state index contributed by atoms with van der Waals surface area (Å²) in [4.78, 5) is 2.03. The van der Waals surface area contributed by atoms with E-state index in [2.05, 4.69) is 40.7 Å². The number of halogens is 1. The first-order valence-electron chi connectivity index (χ1n) is 4.69. The van der Waals surface area contributed by atoms with Crippen LogP contribution in [-0.4, -0.2) is 18.0 Å². The van der Waals surface area contributed by atoms with Crippen molar-refractivity contribution in [3.05, 3.63) is 47.0 Å². The normalized spacial score (nSPS) is 9.93. The van der Waals surface area contributed by atoms with Gasteiger partial charge in [-0.2, -0.15) is 5.26 Å². The molecule has 0 N–H and O–H groups in total. The Hall–Kier alpha value is -1.11. The van der Waals surface area contributed by atoms with Gasteiger partial charge in [0, 0.05) is 17.6 Å². The van der Waals surface area contributed by atoms with E-state index in [-0.39, 0.29) is 0 Å². The monoisotopic (exact) mass is 264 g/mol. The van der Waals surface area contributed by atoms with Crippen molar-refractivity contribution in [1.29, 1.82) is 5.26 Å². The van der Waals surface area contributed by atoms with Gasteiger partial charge in [0.15, 0.2) is 0 Å². The lowest BCUT2D eigenvalue weighted by molar-refractivity contribution is 0.329. The van der Waals surface area contributed by atoms with Crippen molar-refractivity contribution < 1.29 is 0 Å². The van der Waals surface area contributed by atoms with E-state index in [1.807, 2.05) is 23.1 Å². The third-order valence-corrected chi connectivity index (χ3v) is 2.19. The van der Waals surface area contributed by atoms with Crippen molar-refractivity contribution in [2.24, 2.45) is 0 Å². The van der Waals surface area contributed by atoms with Crippen LogP contribution < -0.4 is 0 Å². The molecule has 0 aliphatic carbocycles. The van der Waals surface area contributed by atoms with Gasteiger partial charge >= 0.3 is 0 Å². The van der Waals surface area contributed by atoms with Crippen LogP contribution in [0.25, 0.3) is 0 Å². The van der Waals surface area contributed by atoms with Crippen LogP contribution in [0.15, 0.2) is 41.4 Å². The highest BCUT2D eigenvalue weighted by Crippen LogP contribution is 2.08. The number of rotatable bonds is 5. The topological polar surface area (TPSA) is 27.0 Å². The summed E-state index contributed by atoms with van der Waals surface area (Å²) in [7, 11) is 0. The zero-order chi connectivity index (χ0) is 11.1. The third-order valence-electron chi connectivity index (χ3n) is 1.94. The van der Waals surface area contributed by atoms with E-state index in [0.717, 1.165) is 11.0 Å². The largest absolute Gasteiger partial charge is 0.281 e. The number of benzene rings is 1. The molecule has 0 saturated heterocycles. The third kappa shape index (κ3) is 4.78. The van der Waals surface area contributed by atoms with E-state index in [4.69, 9.17) is 5.26 Å². The Morgan fingerprint density at radius 1 is 1.40 bits per heavy atom. The maximum absolute atomic E-state index is 8.69. The van der Waals surface area contributed by atoms with Crippen molar-refractivity contribution in [1.82, 2.24) is 4.90 Å². The van der Waals surface area contributed by atoms with Crippen LogP contribution in [0.1, 0.15) is 5.56 Å². The van der Waals surface area contributed by atoms with Gasteiger partial charge in [0.05, 0.1) is 12.6 Å². The van der Waals surface area contributed by atoms with Gasteiger partial charge in [0.25, 0.3) is 0 Å². The van der Waals surface area contributed by atoms with E-state index in [1.54, 1.807) is 0 Å². The molecule has 0 heterocycles. The molecule has 0 bridgehead atoms. The lowest BCUT2D eigenvalue weighted by Crippen LogP contribution is -2.24. The molecule has 78 valence electrons. The summed E-state index contributed by atoms with van der Waals surface area (Å²) in [5.41, 5.74) is 1.21. The Bertz CT molecular complexity index is 354. The summed E-state index contributed by atoms with van der Waals surface area (Å²) >= 11 is 3.31. The first kappa shape index (κ1) is 12.0. The first-order valence-corrected chi connectivity index (χ1v) is 5.48. The lowest BCUT2D eigenvalue weighted by atomic mass is 10.2. The Kier molecular flexibility index (Phi) is 5.09. The van der Waals surface area contributed by atoms with E-state index in [1.165, 1.54) is 5.56 Å². The summed E-state index contributed by atoms with van der Waals surface area (Å²) in [6, 6.07) is 12.3. The average Bonchev–Trinajstić information content (AvgIpc) is 2.18. The molecule has 15 heavy (non-hydrogen) atoms. The van der Waals surface area contributed by atoms with Gasteiger partial charge in [-0.1, -0.05) is 52.8 Å². The minimum Gasteiger partial charge on any atom is -0.281 e. The molecule has 0 atom stereocenters. The van der Waals surface area contributed by atoms with E-state index >= 15 is 0 Å². The Balaban J connectivity index is 2.59. The molecule has 0 amide bonds. The van der Waals surface area contributed by atoms with Crippen molar-refractivity contribution in [3.8, 4) is 6.07 Å². The highest BCUT2D eigenvalue weighted by atomic mass is 79.9. The van der Waals surface area contributed by atoms with Gasteiger partial charge in [-0.15, -0.1) is 0 Å². The molecule has 0 saturated carbocycles. The predicted octanol–water partition coefficient (Wildman–Crippen LogP) is 2.92. The Labute approximate surface area is 99.0 Å². The molecule has 0 spiro atoms. The van der Waals surface area contributed by atoms with Crippen LogP contribution in [-0.2, 0) is 6.54 Å². The second-order valence-corrected chi connectivity index (χ2v) is 4.43. The van der Waals surface area contributed by atoms with Crippen LogP contribution in [0.3, 0.4) is 0 Å². The summed E-state index contributed by atoms with van der Waals surface area (Å²) in [6.45, 7) is 5.67. The maximum Gasteiger partial charge on any atom is 0.0871 e. The zero-order valence-corrected chi connectivity index (χ0v) is 10.1. The molecular weight excluding hydrogens is 252 g/mol. The smallest absolute Gasteiger partial charge is 0.0871 e. The van der Waals surface area contributed by atoms with Gasteiger partial charge < -0.3 is 0 Å². The number of nitriles is 1. The SMILES string of the molecule is C=C(Br)CN(CC#N)Cc1ccccc1. The predicted molar refractivity (Wildman–Crippen MR) is 65.4 cm³/mol. The summed E-state index contributed by atoms with van der Waals surface area (Å²) in [6.07, 6.45) is 0. The van der Waals surface area contributed by atoms with E-state index in [9.17, 15) is 0 Å². The fourth-order valence-corrected chi connectivity index (χ4v) is 1.71. The second-order valence-electron chi connectivity index (χ2n) is 3.31. The summed E-state index contributed by atoms with van der Waals surface area (Å²) < 4.78 is 0.897. The average molecular weight is 265 g/mol. The van der Waals surface area contributed by atoms with Gasteiger partial charge in [-0.05, 0) is 5.56 Å². The second kappa shape index (κ2) is 6.39. The zero-order valence-electron chi connectivity index (χ0n) is 8.49. The Morgan fingerprint density at radius 3 is 2.60 bits per heavy atom. The maximum atomic E-state index is 8.69. The first-order chi connectivity index (χ1) is 7.22. The number of hydrogen-bond acceptors (Lipinski definition) is 2. The molecule has 0 aromatic heterocycles. The van der Waals surface area contributed by atoms with Crippen LogP contribution in [0.4, 0.5) is 0 Å². The Morgan fingerprint density at radius 2 is 2.07 bits per heavy atom. The molecule has 3 heteroatoms. The van der Waals surface area contributed by atoms with Gasteiger partial charge in [-0.25, -0.2) is 0 Å². The van der Waals surface area contributed by atoms with Crippen molar-refractivity contribution in [2.45, 2.75) is 6.54 Å². The van der Waals surface area contributed by atoms with Crippen LogP contribution in [0.5, 0.6) is 0 Å². The summed E-state index contributed by atoms with van der Waals surface area (Å²) in [5.74, 6) is 0. The van der Waals surface area contributed by atoms with Gasteiger partial charge in [0.2, 0.25) is 0 Å². The standard InChI is InChI=1S/C12H13BrN2/c1-11(13)9-15(8-7-14)10-12-5-3-2-4-6-12/h2-6H,1,8-10H2. The number of nitrogens with zero attached hydrogens (tertiary/aromatic N) is 2. The van der Waals surface area contributed by atoms with Crippen LogP contribution in [0, 0.1) is 11.3 Å². The highest BCUT2D eigenvalue weighted by molar-refractivity contribution is 9.11. The van der Waals surface area contributed by atoms with Crippen molar-refractivity contribution in [2.75, 3.05) is 13.1 Å². The number of hydrogen-bond donors (Lipinski definition) is 0. The van der Waals surface area contributed by atoms with E-state index < -0.39 is 0 Å². The van der Waals surface area contributed by atoms with Gasteiger partial charge in [-0.3, -0.25) is 4.90 Å². The van der Waals surface area contributed by atoms with E-state index in [0.29, 0.717) is 13.1 Å². The van der Waals surface area contributed by atoms with Crippen molar-refractivity contribution in [3.63, 3.8) is 0 Å². The quantitative estimate of drug-likeness (QED) is 0.765. The minimum absolute atomic E-state index is 0.416. The molecule has 2 nitrogen and oxygen atoms in total. The fraction of sp³-hybridized carbons (Fsp3) is 0.250. The molecule has 1 aromatic rings. The molecule has 1 rings (SSSR count). The molecule has 1 aromatic carbocycles.